The molecule has 1 saturated heterocycles. The first-order valence-corrected chi connectivity index (χ1v) is 9.07. The van der Waals surface area contributed by atoms with Gasteiger partial charge in [0, 0.05) is 18.0 Å². The first-order valence-electron chi connectivity index (χ1n) is 7.87. The number of carbonyl (C=O) groups is 1. The van der Waals surface area contributed by atoms with Gasteiger partial charge in [-0.1, -0.05) is 35.5 Å². The number of rotatable bonds is 5. The monoisotopic (exact) mass is 398 g/mol. The largest absolute Gasteiger partial charge is 0.337 e. The van der Waals surface area contributed by atoms with Crippen LogP contribution < -0.4 is 5.32 Å². The Kier molecular flexibility index (Phi) is 7.50. The van der Waals surface area contributed by atoms with Crippen molar-refractivity contribution in [2.45, 2.75) is 16.3 Å². The zero-order chi connectivity index (χ0) is 16.9. The number of amides is 1. The molecule has 2 heterocycles. The molecule has 0 spiro atoms. The van der Waals surface area contributed by atoms with Gasteiger partial charge in [-0.15, -0.1) is 22.6 Å². The van der Waals surface area contributed by atoms with E-state index >= 15 is 0 Å². The zero-order valence-corrected chi connectivity index (χ0v) is 16.2. The maximum Gasteiger partial charge on any atom is 0.274 e. The molecule has 1 aliphatic heterocycles. The molecule has 0 saturated carbocycles. The molecule has 5 nitrogen and oxygen atoms in total. The van der Waals surface area contributed by atoms with E-state index in [4.69, 9.17) is 11.6 Å². The molecule has 1 unspecified atom stereocenters. The lowest BCUT2D eigenvalue weighted by molar-refractivity contribution is 0.0780. The van der Waals surface area contributed by atoms with Gasteiger partial charge < -0.3 is 10.2 Å². The van der Waals surface area contributed by atoms with Crippen molar-refractivity contribution in [3.63, 3.8) is 0 Å². The lowest BCUT2D eigenvalue weighted by atomic mass is 10.1. The van der Waals surface area contributed by atoms with E-state index in [-0.39, 0.29) is 18.3 Å². The van der Waals surface area contributed by atoms with Crippen LogP contribution >= 0.6 is 35.8 Å². The summed E-state index contributed by atoms with van der Waals surface area (Å²) in [5, 5.41) is 12.8. The molecule has 1 aromatic carbocycles. The molecular weight excluding hydrogens is 379 g/mol. The summed E-state index contributed by atoms with van der Waals surface area (Å²) in [5.41, 5.74) is 0.392. The van der Waals surface area contributed by atoms with Gasteiger partial charge in [0.1, 0.15) is 5.03 Å². The standard InChI is InChI=1S/C17H19ClN4OS.ClH/c1-19-10-12-8-9-22(11-12)17(23)14-6-7-16(21-20-14)24-15-5-3-2-4-13(15)18;/h2-7,12,19H,8-11H2,1H3;1H. The summed E-state index contributed by atoms with van der Waals surface area (Å²) in [7, 11) is 1.94. The third kappa shape index (κ3) is 5.07. The second-order valence-corrected chi connectivity index (χ2v) is 7.22. The van der Waals surface area contributed by atoms with Crippen LogP contribution in [0, 0.1) is 5.92 Å². The average molecular weight is 399 g/mol. The fourth-order valence-corrected chi connectivity index (χ4v) is 3.77. The molecule has 8 heteroatoms. The molecule has 134 valence electrons. The van der Waals surface area contributed by atoms with Crippen molar-refractivity contribution in [1.82, 2.24) is 20.4 Å². The molecular formula is C17H20Cl2N4OS. The Balaban J connectivity index is 0.00000225. The maximum absolute atomic E-state index is 12.5. The lowest BCUT2D eigenvalue weighted by Gasteiger charge is -2.15. The van der Waals surface area contributed by atoms with Crippen LogP contribution in [-0.2, 0) is 0 Å². The van der Waals surface area contributed by atoms with Gasteiger partial charge in [0.15, 0.2) is 5.69 Å². The highest BCUT2D eigenvalue weighted by atomic mass is 35.5. The molecule has 2 aromatic rings. The predicted molar refractivity (Wildman–Crippen MR) is 103 cm³/mol. The van der Waals surface area contributed by atoms with Crippen LogP contribution in [0.4, 0.5) is 0 Å². The van der Waals surface area contributed by atoms with Gasteiger partial charge in [-0.05, 0) is 50.2 Å². The number of likely N-dealkylation sites (tertiary alicyclic amines) is 1. The molecule has 1 aliphatic rings. The van der Waals surface area contributed by atoms with E-state index in [1.165, 1.54) is 11.8 Å². The van der Waals surface area contributed by atoms with Gasteiger partial charge >= 0.3 is 0 Å². The maximum atomic E-state index is 12.5. The number of hydrogen-bond donors (Lipinski definition) is 1. The van der Waals surface area contributed by atoms with E-state index < -0.39 is 0 Å². The minimum absolute atomic E-state index is 0. The van der Waals surface area contributed by atoms with E-state index in [0.717, 1.165) is 31.0 Å². The number of nitrogens with one attached hydrogen (secondary N) is 1. The first kappa shape index (κ1) is 20.0. The third-order valence-corrected chi connectivity index (χ3v) is 5.42. The average Bonchev–Trinajstić information content (AvgIpc) is 3.06. The summed E-state index contributed by atoms with van der Waals surface area (Å²) in [5.74, 6) is 0.470. The van der Waals surface area contributed by atoms with Crippen molar-refractivity contribution in [2.75, 3.05) is 26.7 Å². The predicted octanol–water partition coefficient (Wildman–Crippen LogP) is 3.38. The summed E-state index contributed by atoms with van der Waals surface area (Å²) in [6, 6.07) is 11.1. The van der Waals surface area contributed by atoms with Gasteiger partial charge in [0.2, 0.25) is 0 Å². The highest BCUT2D eigenvalue weighted by Crippen LogP contribution is 2.31. The molecule has 1 aromatic heterocycles. The Bertz CT molecular complexity index is 714. The molecule has 1 N–H and O–H groups in total. The van der Waals surface area contributed by atoms with Crippen molar-refractivity contribution >= 4 is 41.7 Å². The van der Waals surface area contributed by atoms with Crippen LogP contribution in [0.5, 0.6) is 0 Å². The van der Waals surface area contributed by atoms with Crippen molar-refractivity contribution in [2.24, 2.45) is 5.92 Å². The molecule has 0 bridgehead atoms. The fourth-order valence-electron chi connectivity index (χ4n) is 2.76. The molecule has 1 fully saturated rings. The number of carbonyl (C=O) groups excluding carboxylic acids is 1. The summed E-state index contributed by atoms with van der Waals surface area (Å²) in [6.07, 6.45) is 1.03. The minimum Gasteiger partial charge on any atom is -0.337 e. The van der Waals surface area contributed by atoms with Crippen molar-refractivity contribution in [3.8, 4) is 0 Å². The number of benzene rings is 1. The second-order valence-electron chi connectivity index (χ2n) is 5.75. The van der Waals surface area contributed by atoms with Crippen LogP contribution in [0.1, 0.15) is 16.9 Å². The Morgan fingerprint density at radius 3 is 2.80 bits per heavy atom. The summed E-state index contributed by atoms with van der Waals surface area (Å²) in [4.78, 5) is 15.3. The van der Waals surface area contributed by atoms with Gasteiger partial charge in [-0.3, -0.25) is 4.79 Å². The number of nitrogens with zero attached hydrogens (tertiary/aromatic N) is 3. The SMILES string of the molecule is CNCC1CCN(C(=O)c2ccc(Sc3ccccc3Cl)nn2)C1.Cl. The van der Waals surface area contributed by atoms with Crippen LogP contribution in [0.15, 0.2) is 46.3 Å². The minimum atomic E-state index is -0.0459. The van der Waals surface area contributed by atoms with Crippen molar-refractivity contribution < 1.29 is 4.79 Å². The fraction of sp³-hybridized carbons (Fsp3) is 0.353. The Morgan fingerprint density at radius 1 is 1.32 bits per heavy atom. The van der Waals surface area contributed by atoms with Crippen LogP contribution in [0.25, 0.3) is 0 Å². The lowest BCUT2D eigenvalue weighted by Crippen LogP contribution is -2.31. The number of halogens is 2. The van der Waals surface area contributed by atoms with E-state index in [1.54, 1.807) is 6.07 Å². The molecule has 1 atom stereocenters. The van der Waals surface area contributed by atoms with Crippen LogP contribution in [0.3, 0.4) is 0 Å². The first-order chi connectivity index (χ1) is 11.7. The van der Waals surface area contributed by atoms with Gasteiger partial charge in [0.25, 0.3) is 5.91 Å². The second kappa shape index (κ2) is 9.38. The molecule has 25 heavy (non-hydrogen) atoms. The Morgan fingerprint density at radius 2 is 2.12 bits per heavy atom. The van der Waals surface area contributed by atoms with E-state index in [9.17, 15) is 4.79 Å². The van der Waals surface area contributed by atoms with Gasteiger partial charge in [-0.2, -0.15) is 0 Å². The number of aromatic nitrogens is 2. The quantitative estimate of drug-likeness (QED) is 0.836. The van der Waals surface area contributed by atoms with E-state index in [0.29, 0.717) is 21.7 Å². The summed E-state index contributed by atoms with van der Waals surface area (Å²) in [6.45, 7) is 2.49. The van der Waals surface area contributed by atoms with Gasteiger partial charge in [-0.25, -0.2) is 0 Å². The Labute approximate surface area is 162 Å². The summed E-state index contributed by atoms with van der Waals surface area (Å²) < 4.78 is 0. The Hall–Kier alpha value is -1.34. The number of hydrogen-bond acceptors (Lipinski definition) is 5. The normalized spacial score (nSPS) is 16.6. The molecule has 0 radical (unpaired) electrons. The van der Waals surface area contributed by atoms with Crippen molar-refractivity contribution in [3.05, 3.63) is 47.1 Å². The molecule has 1 amide bonds. The van der Waals surface area contributed by atoms with Crippen molar-refractivity contribution in [1.29, 1.82) is 0 Å². The van der Waals surface area contributed by atoms with Crippen LogP contribution in [0.2, 0.25) is 5.02 Å². The van der Waals surface area contributed by atoms with Gasteiger partial charge in [0.05, 0.1) is 5.02 Å². The van der Waals surface area contributed by atoms with Crippen LogP contribution in [-0.4, -0.2) is 47.7 Å². The highest BCUT2D eigenvalue weighted by molar-refractivity contribution is 7.99. The highest BCUT2D eigenvalue weighted by Gasteiger charge is 2.27. The molecule has 0 aliphatic carbocycles. The van der Waals surface area contributed by atoms with E-state index in [2.05, 4.69) is 15.5 Å². The zero-order valence-electron chi connectivity index (χ0n) is 13.8. The van der Waals surface area contributed by atoms with E-state index in [1.807, 2.05) is 42.3 Å². The molecule has 3 rings (SSSR count). The third-order valence-electron chi connectivity index (χ3n) is 3.98. The topological polar surface area (TPSA) is 58.1 Å². The smallest absolute Gasteiger partial charge is 0.274 e. The summed E-state index contributed by atoms with van der Waals surface area (Å²) >= 11 is 7.58.